The standard InChI is InChI=1S/C10H18O/c1-3-10(8-11)6-4-9(2)5-7-10/h8-9H,3-7H2,1-2H3. The Balaban J connectivity index is 2.52. The third-order valence-electron chi connectivity index (χ3n) is 3.22. The van der Waals surface area contributed by atoms with Gasteiger partial charge >= 0.3 is 0 Å². The maximum atomic E-state index is 10.8. The van der Waals surface area contributed by atoms with Crippen molar-refractivity contribution >= 4 is 6.29 Å². The minimum Gasteiger partial charge on any atom is -0.303 e. The molecule has 0 saturated heterocycles. The molecule has 0 radical (unpaired) electrons. The molecule has 1 nitrogen and oxygen atoms in total. The van der Waals surface area contributed by atoms with E-state index in [1.54, 1.807) is 0 Å². The van der Waals surface area contributed by atoms with E-state index >= 15 is 0 Å². The second-order valence-electron chi connectivity index (χ2n) is 4.02. The van der Waals surface area contributed by atoms with Crippen LogP contribution in [0.1, 0.15) is 46.0 Å². The average Bonchev–Trinajstić information content (AvgIpc) is 2.07. The first-order chi connectivity index (χ1) is 5.22. The molecule has 64 valence electrons. The predicted molar refractivity (Wildman–Crippen MR) is 46.4 cm³/mol. The molecule has 0 aliphatic heterocycles. The van der Waals surface area contributed by atoms with Crippen molar-refractivity contribution in [2.24, 2.45) is 11.3 Å². The quantitative estimate of drug-likeness (QED) is 0.559. The lowest BCUT2D eigenvalue weighted by Gasteiger charge is -2.33. The van der Waals surface area contributed by atoms with Gasteiger partial charge in [0.15, 0.2) is 0 Å². The van der Waals surface area contributed by atoms with E-state index in [9.17, 15) is 4.79 Å². The van der Waals surface area contributed by atoms with Crippen molar-refractivity contribution in [3.05, 3.63) is 0 Å². The minimum absolute atomic E-state index is 0.0620. The van der Waals surface area contributed by atoms with Crippen LogP contribution in [0.4, 0.5) is 0 Å². The van der Waals surface area contributed by atoms with Crippen LogP contribution in [0.15, 0.2) is 0 Å². The van der Waals surface area contributed by atoms with Crippen molar-refractivity contribution < 1.29 is 4.79 Å². The van der Waals surface area contributed by atoms with Crippen LogP contribution < -0.4 is 0 Å². The average molecular weight is 154 g/mol. The van der Waals surface area contributed by atoms with Crippen LogP contribution in [0, 0.1) is 11.3 Å². The molecule has 0 unspecified atom stereocenters. The zero-order chi connectivity index (χ0) is 8.32. The van der Waals surface area contributed by atoms with Crippen LogP contribution in [0.25, 0.3) is 0 Å². The Bertz CT molecular complexity index is 132. The molecule has 0 amide bonds. The lowest BCUT2D eigenvalue weighted by atomic mass is 9.70. The van der Waals surface area contributed by atoms with E-state index in [0.717, 1.165) is 25.2 Å². The summed E-state index contributed by atoms with van der Waals surface area (Å²) in [5.41, 5.74) is 0.0620. The van der Waals surface area contributed by atoms with E-state index in [1.807, 2.05) is 0 Å². The van der Waals surface area contributed by atoms with Gasteiger partial charge in [0.25, 0.3) is 0 Å². The highest BCUT2D eigenvalue weighted by Gasteiger charge is 2.31. The van der Waals surface area contributed by atoms with Gasteiger partial charge in [0, 0.05) is 5.41 Å². The van der Waals surface area contributed by atoms with Crippen LogP contribution >= 0.6 is 0 Å². The molecule has 11 heavy (non-hydrogen) atoms. The van der Waals surface area contributed by atoms with Gasteiger partial charge in [0.2, 0.25) is 0 Å². The smallest absolute Gasteiger partial charge is 0.126 e. The molecule has 1 aliphatic rings. The summed E-state index contributed by atoms with van der Waals surface area (Å²) in [4.78, 5) is 10.8. The summed E-state index contributed by atoms with van der Waals surface area (Å²) in [5, 5.41) is 0. The van der Waals surface area contributed by atoms with Gasteiger partial charge in [0.05, 0.1) is 0 Å². The van der Waals surface area contributed by atoms with Crippen LogP contribution in [0.5, 0.6) is 0 Å². The molecule has 0 aromatic rings. The van der Waals surface area contributed by atoms with Gasteiger partial charge < -0.3 is 4.79 Å². The van der Waals surface area contributed by atoms with Crippen molar-refractivity contribution in [3.63, 3.8) is 0 Å². The largest absolute Gasteiger partial charge is 0.303 e. The zero-order valence-corrected chi connectivity index (χ0v) is 7.60. The van der Waals surface area contributed by atoms with Crippen molar-refractivity contribution in [3.8, 4) is 0 Å². The Kier molecular flexibility index (Phi) is 2.69. The number of carbonyl (C=O) groups excluding carboxylic acids is 1. The molecule has 0 heterocycles. The van der Waals surface area contributed by atoms with E-state index in [2.05, 4.69) is 13.8 Å². The van der Waals surface area contributed by atoms with Crippen molar-refractivity contribution in [1.29, 1.82) is 0 Å². The number of hydrogen-bond acceptors (Lipinski definition) is 1. The Hall–Kier alpha value is -0.330. The first-order valence-electron chi connectivity index (χ1n) is 4.69. The second-order valence-corrected chi connectivity index (χ2v) is 4.02. The lowest BCUT2D eigenvalue weighted by Crippen LogP contribution is -2.27. The SMILES string of the molecule is CCC1(C=O)CCC(C)CC1. The summed E-state index contributed by atoms with van der Waals surface area (Å²) >= 11 is 0. The van der Waals surface area contributed by atoms with Crippen LogP contribution in [0.2, 0.25) is 0 Å². The fourth-order valence-electron chi connectivity index (χ4n) is 1.89. The van der Waals surface area contributed by atoms with E-state index in [0.29, 0.717) is 0 Å². The molecule has 0 aromatic heterocycles. The van der Waals surface area contributed by atoms with Gasteiger partial charge in [0.1, 0.15) is 6.29 Å². The maximum absolute atomic E-state index is 10.8. The molecule has 0 spiro atoms. The summed E-state index contributed by atoms with van der Waals surface area (Å²) in [6.45, 7) is 4.41. The van der Waals surface area contributed by atoms with E-state index in [4.69, 9.17) is 0 Å². The topological polar surface area (TPSA) is 17.1 Å². The summed E-state index contributed by atoms with van der Waals surface area (Å²) in [6, 6.07) is 0. The van der Waals surface area contributed by atoms with Gasteiger partial charge in [-0.15, -0.1) is 0 Å². The van der Waals surface area contributed by atoms with Crippen LogP contribution in [0.3, 0.4) is 0 Å². The van der Waals surface area contributed by atoms with E-state index in [-0.39, 0.29) is 5.41 Å². The maximum Gasteiger partial charge on any atom is 0.126 e. The monoisotopic (exact) mass is 154 g/mol. The molecule has 1 fully saturated rings. The zero-order valence-electron chi connectivity index (χ0n) is 7.60. The van der Waals surface area contributed by atoms with Gasteiger partial charge in [-0.2, -0.15) is 0 Å². The van der Waals surface area contributed by atoms with Crippen molar-refractivity contribution in [1.82, 2.24) is 0 Å². The van der Waals surface area contributed by atoms with Gasteiger partial charge in [-0.25, -0.2) is 0 Å². The first-order valence-corrected chi connectivity index (χ1v) is 4.69. The Morgan fingerprint density at radius 1 is 1.45 bits per heavy atom. The predicted octanol–water partition coefficient (Wildman–Crippen LogP) is 2.79. The van der Waals surface area contributed by atoms with E-state index in [1.165, 1.54) is 19.1 Å². The molecule has 0 atom stereocenters. The number of aldehydes is 1. The highest BCUT2D eigenvalue weighted by atomic mass is 16.1. The highest BCUT2D eigenvalue weighted by Crippen LogP contribution is 2.39. The lowest BCUT2D eigenvalue weighted by molar-refractivity contribution is -0.118. The number of carbonyl (C=O) groups is 1. The molecule has 1 saturated carbocycles. The third-order valence-corrected chi connectivity index (χ3v) is 3.22. The van der Waals surface area contributed by atoms with Gasteiger partial charge in [-0.3, -0.25) is 0 Å². The fourth-order valence-corrected chi connectivity index (χ4v) is 1.89. The summed E-state index contributed by atoms with van der Waals surface area (Å²) < 4.78 is 0. The second kappa shape index (κ2) is 3.38. The highest BCUT2D eigenvalue weighted by molar-refractivity contribution is 5.59. The van der Waals surface area contributed by atoms with Crippen LogP contribution in [-0.2, 0) is 4.79 Å². The molecule has 1 heteroatoms. The van der Waals surface area contributed by atoms with Crippen LogP contribution in [-0.4, -0.2) is 6.29 Å². The molecule has 1 aliphatic carbocycles. The Labute approximate surface area is 69.2 Å². The fraction of sp³-hybridized carbons (Fsp3) is 0.900. The van der Waals surface area contributed by atoms with E-state index < -0.39 is 0 Å². The summed E-state index contributed by atoms with van der Waals surface area (Å²) in [5.74, 6) is 0.842. The number of rotatable bonds is 2. The Morgan fingerprint density at radius 2 is 2.00 bits per heavy atom. The molecule has 0 bridgehead atoms. The third kappa shape index (κ3) is 1.82. The van der Waals surface area contributed by atoms with Gasteiger partial charge in [-0.05, 0) is 38.0 Å². The first kappa shape index (κ1) is 8.76. The normalized spacial score (nSPS) is 38.5. The molecule has 0 aromatic carbocycles. The number of hydrogen-bond donors (Lipinski definition) is 0. The molecular formula is C10H18O. The molecule has 1 rings (SSSR count). The minimum atomic E-state index is 0.0620. The summed E-state index contributed by atoms with van der Waals surface area (Å²) in [7, 11) is 0. The summed E-state index contributed by atoms with van der Waals surface area (Å²) in [6.07, 6.45) is 6.95. The van der Waals surface area contributed by atoms with Crippen molar-refractivity contribution in [2.45, 2.75) is 46.0 Å². The van der Waals surface area contributed by atoms with Crippen molar-refractivity contribution in [2.75, 3.05) is 0 Å². The molecule has 0 N–H and O–H groups in total. The Morgan fingerprint density at radius 3 is 2.36 bits per heavy atom. The molecular weight excluding hydrogens is 136 g/mol. The van der Waals surface area contributed by atoms with Gasteiger partial charge in [-0.1, -0.05) is 13.8 Å².